The molecule has 0 saturated carbocycles. The average molecular weight is 525 g/mol. The van der Waals surface area contributed by atoms with Gasteiger partial charge < -0.3 is 10.6 Å². The molecule has 1 amide bonds. The van der Waals surface area contributed by atoms with Gasteiger partial charge in [0.15, 0.2) is 0 Å². The van der Waals surface area contributed by atoms with Crippen LogP contribution in [-0.4, -0.2) is 15.9 Å². The van der Waals surface area contributed by atoms with Crippen molar-refractivity contribution in [2.45, 2.75) is 20.3 Å². The molecule has 1 unspecified atom stereocenters. The summed E-state index contributed by atoms with van der Waals surface area (Å²) in [5.41, 5.74) is 7.31. The molecule has 1 aromatic heterocycles. The standard InChI is InChI=1S/C29H25BrN4O/c1-18-8-15-25-24(16-18)27(20-6-4-3-5-7-20)34-29(33-25)31-23-13-10-21(11-14-23)28(35)32-26-17-22(30)12-9-19(26)2/h3-15,17-18H,16H2,1-2H3,(H,32,35)(H,31,33,34). The van der Waals surface area contributed by atoms with E-state index in [-0.39, 0.29) is 5.91 Å². The second-order valence-corrected chi connectivity index (χ2v) is 9.70. The summed E-state index contributed by atoms with van der Waals surface area (Å²) in [5, 5.41) is 6.29. The molecule has 4 aromatic rings. The van der Waals surface area contributed by atoms with Gasteiger partial charge in [0.05, 0.1) is 11.4 Å². The van der Waals surface area contributed by atoms with Gasteiger partial charge in [0.2, 0.25) is 5.95 Å². The third kappa shape index (κ3) is 5.17. The van der Waals surface area contributed by atoms with Crippen LogP contribution >= 0.6 is 15.9 Å². The number of carbonyl (C=O) groups is 1. The molecule has 3 aromatic carbocycles. The summed E-state index contributed by atoms with van der Waals surface area (Å²) in [6, 6.07) is 23.4. The van der Waals surface area contributed by atoms with Crippen molar-refractivity contribution in [3.05, 3.63) is 106 Å². The number of anilines is 3. The van der Waals surface area contributed by atoms with Crippen molar-refractivity contribution < 1.29 is 4.79 Å². The Bertz CT molecular complexity index is 1420. The van der Waals surface area contributed by atoms with Crippen molar-refractivity contribution in [2.24, 2.45) is 5.92 Å². The van der Waals surface area contributed by atoms with E-state index < -0.39 is 0 Å². The zero-order chi connectivity index (χ0) is 24.4. The van der Waals surface area contributed by atoms with Crippen LogP contribution < -0.4 is 10.6 Å². The van der Waals surface area contributed by atoms with E-state index in [0.717, 1.165) is 44.8 Å². The van der Waals surface area contributed by atoms with Crippen molar-refractivity contribution in [2.75, 3.05) is 10.6 Å². The maximum Gasteiger partial charge on any atom is 0.255 e. The molecule has 1 atom stereocenters. The Morgan fingerprint density at radius 3 is 2.54 bits per heavy atom. The molecule has 35 heavy (non-hydrogen) atoms. The third-order valence-electron chi connectivity index (χ3n) is 6.05. The number of aromatic nitrogens is 2. The lowest BCUT2D eigenvalue weighted by Crippen LogP contribution is -2.13. The molecule has 0 bridgehead atoms. The largest absolute Gasteiger partial charge is 0.324 e. The molecular weight excluding hydrogens is 500 g/mol. The number of aryl methyl sites for hydroxylation is 1. The van der Waals surface area contributed by atoms with E-state index >= 15 is 0 Å². The first-order chi connectivity index (χ1) is 17.0. The summed E-state index contributed by atoms with van der Waals surface area (Å²) >= 11 is 3.45. The molecule has 0 fully saturated rings. The first kappa shape index (κ1) is 23.0. The molecule has 2 N–H and O–H groups in total. The zero-order valence-electron chi connectivity index (χ0n) is 19.5. The molecule has 1 heterocycles. The van der Waals surface area contributed by atoms with Gasteiger partial charge >= 0.3 is 0 Å². The summed E-state index contributed by atoms with van der Waals surface area (Å²) in [6.45, 7) is 4.17. The van der Waals surface area contributed by atoms with Crippen molar-refractivity contribution in [3.63, 3.8) is 0 Å². The summed E-state index contributed by atoms with van der Waals surface area (Å²) in [6.07, 6.45) is 5.19. The lowest BCUT2D eigenvalue weighted by molar-refractivity contribution is 0.102. The van der Waals surface area contributed by atoms with Gasteiger partial charge in [-0.15, -0.1) is 0 Å². The topological polar surface area (TPSA) is 66.9 Å². The molecule has 1 aliphatic carbocycles. The lowest BCUT2D eigenvalue weighted by atomic mass is 9.91. The van der Waals surface area contributed by atoms with E-state index in [1.54, 1.807) is 12.1 Å². The molecule has 1 aliphatic rings. The molecule has 5 rings (SSSR count). The number of nitrogens with one attached hydrogen (secondary N) is 2. The highest BCUT2D eigenvalue weighted by Crippen LogP contribution is 2.32. The van der Waals surface area contributed by atoms with Gasteiger partial charge in [-0.1, -0.05) is 65.3 Å². The summed E-state index contributed by atoms with van der Waals surface area (Å²) in [4.78, 5) is 22.4. The van der Waals surface area contributed by atoms with Crippen molar-refractivity contribution in [1.82, 2.24) is 9.97 Å². The maximum absolute atomic E-state index is 12.8. The first-order valence-electron chi connectivity index (χ1n) is 11.6. The number of amides is 1. The van der Waals surface area contributed by atoms with Crippen LogP contribution in [0.15, 0.2) is 83.3 Å². The Labute approximate surface area is 213 Å². The van der Waals surface area contributed by atoms with E-state index in [9.17, 15) is 4.79 Å². The summed E-state index contributed by atoms with van der Waals surface area (Å²) in [5.74, 6) is 0.823. The average Bonchev–Trinajstić information content (AvgIpc) is 2.87. The van der Waals surface area contributed by atoms with E-state index in [2.05, 4.69) is 57.8 Å². The SMILES string of the molecule is Cc1ccc(Br)cc1NC(=O)c1ccc(Nc2nc3c(c(-c4ccccc4)n2)CC(C)C=C3)cc1. The molecular formula is C29H25BrN4O. The number of halogens is 1. The molecule has 0 radical (unpaired) electrons. The first-order valence-corrected chi connectivity index (χ1v) is 12.3. The number of nitrogens with zero attached hydrogens (tertiary/aromatic N) is 2. The highest BCUT2D eigenvalue weighted by atomic mass is 79.9. The molecule has 0 spiro atoms. The fourth-order valence-corrected chi connectivity index (χ4v) is 4.49. The predicted octanol–water partition coefficient (Wildman–Crippen LogP) is 7.42. The van der Waals surface area contributed by atoms with Crippen LogP contribution in [0.5, 0.6) is 0 Å². The molecule has 0 saturated heterocycles. The van der Waals surface area contributed by atoms with Gasteiger partial charge in [0.25, 0.3) is 5.91 Å². The normalized spacial score (nSPS) is 14.3. The Morgan fingerprint density at radius 1 is 1.00 bits per heavy atom. The molecule has 0 aliphatic heterocycles. The van der Waals surface area contributed by atoms with Crippen LogP contribution in [0.1, 0.15) is 34.1 Å². The minimum absolute atomic E-state index is 0.159. The number of allylic oxidation sites excluding steroid dienone is 1. The van der Waals surface area contributed by atoms with Gasteiger partial charge in [-0.3, -0.25) is 4.79 Å². The monoisotopic (exact) mass is 524 g/mol. The summed E-state index contributed by atoms with van der Waals surface area (Å²) in [7, 11) is 0. The molecule has 6 heteroatoms. The van der Waals surface area contributed by atoms with E-state index in [1.165, 1.54) is 5.56 Å². The highest BCUT2D eigenvalue weighted by Gasteiger charge is 2.19. The zero-order valence-corrected chi connectivity index (χ0v) is 21.1. The number of fused-ring (bicyclic) bond motifs is 1. The fraction of sp³-hybridized carbons (Fsp3) is 0.138. The van der Waals surface area contributed by atoms with Gasteiger partial charge in [-0.2, -0.15) is 0 Å². The van der Waals surface area contributed by atoms with Gasteiger partial charge in [-0.05, 0) is 67.3 Å². The molecule has 174 valence electrons. The second kappa shape index (κ2) is 9.84. The number of carbonyl (C=O) groups excluding carboxylic acids is 1. The van der Waals surface area contributed by atoms with Gasteiger partial charge in [0, 0.05) is 32.5 Å². The van der Waals surface area contributed by atoms with Crippen molar-refractivity contribution in [1.29, 1.82) is 0 Å². The lowest BCUT2D eigenvalue weighted by Gasteiger charge is -2.20. The Balaban J connectivity index is 1.38. The van der Waals surface area contributed by atoms with Crippen LogP contribution in [0.4, 0.5) is 17.3 Å². The van der Waals surface area contributed by atoms with Crippen LogP contribution in [0, 0.1) is 12.8 Å². The minimum atomic E-state index is -0.159. The quantitative estimate of drug-likeness (QED) is 0.285. The van der Waals surface area contributed by atoms with Crippen LogP contribution in [-0.2, 0) is 6.42 Å². The van der Waals surface area contributed by atoms with Gasteiger partial charge in [-0.25, -0.2) is 9.97 Å². The van der Waals surface area contributed by atoms with Crippen LogP contribution in [0.3, 0.4) is 0 Å². The van der Waals surface area contributed by atoms with Crippen molar-refractivity contribution >= 4 is 45.2 Å². The Morgan fingerprint density at radius 2 is 1.77 bits per heavy atom. The fourth-order valence-electron chi connectivity index (χ4n) is 4.13. The van der Waals surface area contributed by atoms with Crippen molar-refractivity contribution in [3.8, 4) is 11.3 Å². The minimum Gasteiger partial charge on any atom is -0.324 e. The maximum atomic E-state index is 12.8. The number of hydrogen-bond donors (Lipinski definition) is 2. The summed E-state index contributed by atoms with van der Waals surface area (Å²) < 4.78 is 0.919. The highest BCUT2D eigenvalue weighted by molar-refractivity contribution is 9.10. The number of rotatable bonds is 5. The third-order valence-corrected chi connectivity index (χ3v) is 6.54. The number of hydrogen-bond acceptors (Lipinski definition) is 4. The van der Waals surface area contributed by atoms with Crippen LogP contribution in [0.2, 0.25) is 0 Å². The second-order valence-electron chi connectivity index (χ2n) is 8.78. The van der Waals surface area contributed by atoms with E-state index in [1.807, 2.05) is 55.5 Å². The smallest absolute Gasteiger partial charge is 0.255 e. The predicted molar refractivity (Wildman–Crippen MR) is 146 cm³/mol. The van der Waals surface area contributed by atoms with Crippen LogP contribution in [0.25, 0.3) is 17.3 Å². The van der Waals surface area contributed by atoms with E-state index in [0.29, 0.717) is 17.4 Å². The van der Waals surface area contributed by atoms with Gasteiger partial charge in [0.1, 0.15) is 0 Å². The number of benzene rings is 3. The molecule has 5 nitrogen and oxygen atoms in total. The Kier molecular flexibility index (Phi) is 6.47. The Hall–Kier alpha value is -3.77. The van der Waals surface area contributed by atoms with E-state index in [4.69, 9.17) is 9.97 Å².